The first kappa shape index (κ1) is 27.6. The average molecular weight is 577 g/mol. The lowest BCUT2D eigenvalue weighted by atomic mass is 9.96. The van der Waals surface area contributed by atoms with E-state index in [1.165, 1.54) is 4.68 Å². The van der Waals surface area contributed by atoms with E-state index in [2.05, 4.69) is 42.8 Å². The third kappa shape index (κ3) is 5.83. The first-order valence-electron chi connectivity index (χ1n) is 13.0. The topological polar surface area (TPSA) is 65.7 Å². The Kier molecular flexibility index (Phi) is 8.67. The number of hydrogen-bond acceptors (Lipinski definition) is 5. The zero-order valence-electron chi connectivity index (χ0n) is 22.8. The predicted octanol–water partition coefficient (Wildman–Crippen LogP) is 7.72. The molecule has 0 aliphatic carbocycles. The molecule has 0 amide bonds. The van der Waals surface area contributed by atoms with Gasteiger partial charge in [-0.3, -0.25) is 4.79 Å². The number of para-hydroxylation sites is 1. The van der Waals surface area contributed by atoms with Crippen LogP contribution in [0, 0.1) is 6.92 Å². The minimum absolute atomic E-state index is 0.0462. The molecule has 0 saturated heterocycles. The summed E-state index contributed by atoms with van der Waals surface area (Å²) in [6.45, 7) is 12.9. The molecule has 0 fully saturated rings. The van der Waals surface area contributed by atoms with Crippen LogP contribution in [-0.4, -0.2) is 28.6 Å². The zero-order chi connectivity index (χ0) is 27.4. The molecular weight excluding hydrogens is 542 g/mol. The molecule has 1 heterocycles. The van der Waals surface area contributed by atoms with Gasteiger partial charge in [-0.05, 0) is 86.7 Å². The van der Waals surface area contributed by atoms with Crippen molar-refractivity contribution in [1.82, 2.24) is 9.66 Å². The van der Waals surface area contributed by atoms with Gasteiger partial charge in [0.2, 0.25) is 0 Å². The molecule has 0 aliphatic rings. The lowest BCUT2D eigenvalue weighted by Crippen LogP contribution is -2.21. The van der Waals surface area contributed by atoms with Crippen molar-refractivity contribution in [1.29, 1.82) is 0 Å². The summed E-state index contributed by atoms with van der Waals surface area (Å²) in [5.74, 6) is 2.26. The molecule has 0 saturated carbocycles. The van der Waals surface area contributed by atoms with E-state index in [1.807, 2.05) is 63.2 Å². The number of halogens is 1. The van der Waals surface area contributed by atoms with Crippen LogP contribution in [0.5, 0.6) is 11.5 Å². The Balaban J connectivity index is 1.95. The van der Waals surface area contributed by atoms with E-state index >= 15 is 0 Å². The summed E-state index contributed by atoms with van der Waals surface area (Å²) in [5, 5.41) is 5.20. The number of benzene rings is 3. The molecule has 0 aliphatic heterocycles. The lowest BCUT2D eigenvalue weighted by molar-refractivity contribution is 0.217. The summed E-state index contributed by atoms with van der Waals surface area (Å²) in [6.07, 6.45) is 2.59. The van der Waals surface area contributed by atoms with Gasteiger partial charge >= 0.3 is 0 Å². The molecule has 1 atom stereocenters. The SMILES string of the molecule is CCOc1cc(C)c(-c2nc3ccccc3c(=O)n2N=Cc2cc(Br)ccc2O[C@H](C)CC)cc1C(C)C. The number of aryl methyl sites for hydroxylation is 1. The van der Waals surface area contributed by atoms with Crippen molar-refractivity contribution < 1.29 is 9.47 Å². The highest BCUT2D eigenvalue weighted by molar-refractivity contribution is 9.10. The Morgan fingerprint density at radius 2 is 1.82 bits per heavy atom. The van der Waals surface area contributed by atoms with Gasteiger partial charge in [0.1, 0.15) is 11.5 Å². The third-order valence-corrected chi connectivity index (χ3v) is 6.95. The fraction of sp³-hybridized carbons (Fsp3) is 0.323. The molecule has 3 aromatic carbocycles. The minimum atomic E-state index is -0.236. The maximum atomic E-state index is 13.8. The van der Waals surface area contributed by atoms with Gasteiger partial charge in [-0.2, -0.15) is 9.78 Å². The Hall–Kier alpha value is -3.45. The third-order valence-electron chi connectivity index (χ3n) is 6.46. The molecule has 1 aromatic heterocycles. The summed E-state index contributed by atoms with van der Waals surface area (Å²) in [4.78, 5) is 18.7. The number of fused-ring (bicyclic) bond motifs is 1. The Morgan fingerprint density at radius 1 is 1.05 bits per heavy atom. The molecule has 0 bridgehead atoms. The monoisotopic (exact) mass is 575 g/mol. The van der Waals surface area contributed by atoms with Crippen molar-refractivity contribution in [2.24, 2.45) is 5.10 Å². The Labute approximate surface area is 232 Å². The summed E-state index contributed by atoms with van der Waals surface area (Å²) in [5.41, 5.74) is 4.00. The van der Waals surface area contributed by atoms with Crippen molar-refractivity contribution in [2.45, 2.75) is 60.0 Å². The highest BCUT2D eigenvalue weighted by Crippen LogP contribution is 2.34. The average Bonchev–Trinajstić information content (AvgIpc) is 2.89. The molecule has 38 heavy (non-hydrogen) atoms. The Bertz CT molecular complexity index is 1540. The summed E-state index contributed by atoms with van der Waals surface area (Å²) >= 11 is 3.54. The van der Waals surface area contributed by atoms with Crippen molar-refractivity contribution in [3.63, 3.8) is 0 Å². The first-order valence-corrected chi connectivity index (χ1v) is 13.8. The summed E-state index contributed by atoms with van der Waals surface area (Å²) < 4.78 is 14.3. The van der Waals surface area contributed by atoms with Crippen LogP contribution in [0.4, 0.5) is 0 Å². The van der Waals surface area contributed by atoms with Crippen LogP contribution in [0.15, 0.2) is 69.0 Å². The molecular formula is C31H34BrN3O3. The van der Waals surface area contributed by atoms with Gasteiger partial charge in [-0.25, -0.2) is 4.98 Å². The van der Waals surface area contributed by atoms with E-state index in [0.717, 1.165) is 38.9 Å². The van der Waals surface area contributed by atoms with Gasteiger partial charge in [0.05, 0.1) is 29.8 Å². The van der Waals surface area contributed by atoms with E-state index in [1.54, 1.807) is 12.3 Å². The summed E-state index contributed by atoms with van der Waals surface area (Å²) in [7, 11) is 0. The second-order valence-electron chi connectivity index (χ2n) is 9.63. The predicted molar refractivity (Wildman–Crippen MR) is 159 cm³/mol. The highest BCUT2D eigenvalue weighted by Gasteiger charge is 2.19. The number of hydrogen-bond donors (Lipinski definition) is 0. The fourth-order valence-electron chi connectivity index (χ4n) is 4.22. The quantitative estimate of drug-likeness (QED) is 0.192. The maximum absolute atomic E-state index is 13.8. The van der Waals surface area contributed by atoms with E-state index in [-0.39, 0.29) is 17.6 Å². The normalized spacial score (nSPS) is 12.4. The van der Waals surface area contributed by atoms with Gasteiger partial charge in [0, 0.05) is 15.6 Å². The molecule has 6 nitrogen and oxygen atoms in total. The molecule has 0 unspecified atom stereocenters. The van der Waals surface area contributed by atoms with Gasteiger partial charge in [-0.15, -0.1) is 0 Å². The van der Waals surface area contributed by atoms with Gasteiger partial charge in [0.25, 0.3) is 5.56 Å². The molecule has 7 heteroatoms. The number of ether oxygens (including phenoxy) is 2. The second kappa shape index (κ2) is 11.9. The zero-order valence-corrected chi connectivity index (χ0v) is 24.4. The van der Waals surface area contributed by atoms with Gasteiger partial charge in [-0.1, -0.05) is 48.8 Å². The highest BCUT2D eigenvalue weighted by atomic mass is 79.9. The fourth-order valence-corrected chi connectivity index (χ4v) is 4.60. The van der Waals surface area contributed by atoms with Gasteiger partial charge in [0.15, 0.2) is 5.82 Å². The molecule has 0 N–H and O–H groups in total. The minimum Gasteiger partial charge on any atom is -0.494 e. The molecule has 0 spiro atoms. The first-order chi connectivity index (χ1) is 18.2. The van der Waals surface area contributed by atoms with Crippen LogP contribution in [-0.2, 0) is 0 Å². The lowest BCUT2D eigenvalue weighted by Gasteiger charge is -2.18. The molecule has 4 rings (SSSR count). The van der Waals surface area contributed by atoms with Crippen molar-refractivity contribution >= 4 is 33.0 Å². The van der Waals surface area contributed by atoms with E-state index in [4.69, 9.17) is 19.6 Å². The second-order valence-corrected chi connectivity index (χ2v) is 10.5. The Morgan fingerprint density at radius 3 is 2.53 bits per heavy atom. The van der Waals surface area contributed by atoms with Crippen molar-refractivity contribution in [3.05, 3.63) is 86.1 Å². The molecule has 0 radical (unpaired) electrons. The van der Waals surface area contributed by atoms with Gasteiger partial charge < -0.3 is 9.47 Å². The number of rotatable bonds is 9. The molecule has 4 aromatic rings. The smallest absolute Gasteiger partial charge is 0.282 e. The summed E-state index contributed by atoms with van der Waals surface area (Å²) in [6, 6.07) is 17.2. The van der Waals surface area contributed by atoms with E-state index in [9.17, 15) is 4.79 Å². The number of nitrogens with zero attached hydrogens (tertiary/aromatic N) is 3. The maximum Gasteiger partial charge on any atom is 0.282 e. The van der Waals surface area contributed by atoms with Crippen LogP contribution >= 0.6 is 15.9 Å². The van der Waals surface area contributed by atoms with E-state index in [0.29, 0.717) is 29.1 Å². The van der Waals surface area contributed by atoms with Crippen LogP contribution in [0.2, 0.25) is 0 Å². The number of aromatic nitrogens is 2. The largest absolute Gasteiger partial charge is 0.494 e. The van der Waals surface area contributed by atoms with E-state index < -0.39 is 0 Å². The van der Waals surface area contributed by atoms with Crippen molar-refractivity contribution in [3.8, 4) is 22.9 Å². The van der Waals surface area contributed by atoms with Crippen LogP contribution in [0.1, 0.15) is 63.6 Å². The standard InChI is InChI=1S/C31H34BrN3O3/c1-7-21(6)38-28-14-13-23(32)16-22(28)18-33-35-30(34-27-12-10-9-11-24(27)31(35)36)26-17-25(19(3)4)29(37-8-2)15-20(26)5/h9-19,21H,7-8H2,1-6H3/t21-/m1/s1. The van der Waals surface area contributed by atoms with Crippen molar-refractivity contribution in [2.75, 3.05) is 6.61 Å². The molecule has 198 valence electrons. The van der Waals surface area contributed by atoms with Crippen LogP contribution in [0.3, 0.4) is 0 Å². The van der Waals surface area contributed by atoms with Crippen LogP contribution < -0.4 is 15.0 Å². The van der Waals surface area contributed by atoms with Crippen LogP contribution in [0.25, 0.3) is 22.3 Å².